The van der Waals surface area contributed by atoms with Crippen molar-refractivity contribution in [3.05, 3.63) is 91.5 Å². The minimum Gasteiger partial charge on any atom is -0.481 e. The Bertz CT molecular complexity index is 1510. The summed E-state index contributed by atoms with van der Waals surface area (Å²) in [5.74, 6) is 0.0394. The van der Waals surface area contributed by atoms with Crippen LogP contribution < -0.4 is 37.3 Å². The lowest BCUT2D eigenvalue weighted by Gasteiger charge is -2.22. The fourth-order valence-corrected chi connectivity index (χ4v) is 3.98. The highest BCUT2D eigenvalue weighted by molar-refractivity contribution is 5.96. The summed E-state index contributed by atoms with van der Waals surface area (Å²) in [4.78, 5) is 54.9. The number of nitrogens with one attached hydrogen (secondary N) is 4. The predicted octanol–water partition coefficient (Wildman–Crippen LogP) is 1.13. The molecule has 0 spiro atoms. The molecule has 0 unspecified atom stereocenters. The molecule has 0 aliphatic carbocycles. The molecule has 198 valence electrons. The second-order valence-corrected chi connectivity index (χ2v) is 8.58. The van der Waals surface area contributed by atoms with Gasteiger partial charge in [-0.25, -0.2) is 14.6 Å². The van der Waals surface area contributed by atoms with Crippen LogP contribution in [0.25, 0.3) is 6.20 Å². The molecule has 1 aliphatic heterocycles. The van der Waals surface area contributed by atoms with E-state index in [-0.39, 0.29) is 31.4 Å². The van der Waals surface area contributed by atoms with Gasteiger partial charge in [-0.05, 0) is 43.2 Å². The summed E-state index contributed by atoms with van der Waals surface area (Å²) in [5.41, 5.74) is 2.24. The van der Waals surface area contributed by atoms with Crippen LogP contribution in [-0.4, -0.2) is 39.7 Å². The second-order valence-electron chi connectivity index (χ2n) is 8.58. The maximum Gasteiger partial charge on any atom is 0.335 e. The zero-order chi connectivity index (χ0) is 27.2. The lowest BCUT2D eigenvalue weighted by molar-refractivity contribution is -0.118. The highest BCUT2D eigenvalue weighted by atomic mass is 16.5. The number of pyridine rings is 1. The van der Waals surface area contributed by atoms with Crippen LogP contribution in [0.3, 0.4) is 0 Å². The monoisotopic (exact) mass is 519 g/mol. The van der Waals surface area contributed by atoms with E-state index in [2.05, 4.69) is 26.3 Å². The standard InChI is InChI=1S/C26H29N7O5/c1-4-27-25(36)31-19-7-5-17(6-8-19)14-33-24(35)16(2)21-13-29-20(15-32(21)26(33)37)23(34)30-12-18-9-10-28-22(11-18)38-3/h5-11,15,29H,4,12-14H2,1-3H3,(H,30,34)(H2,27,31,36). The van der Waals surface area contributed by atoms with Gasteiger partial charge in [-0.2, -0.15) is 0 Å². The van der Waals surface area contributed by atoms with Gasteiger partial charge >= 0.3 is 11.7 Å². The number of hydrogen-bond donors (Lipinski definition) is 4. The summed E-state index contributed by atoms with van der Waals surface area (Å²) >= 11 is 0. The van der Waals surface area contributed by atoms with Gasteiger partial charge in [-0.15, -0.1) is 0 Å². The molecule has 0 bridgehead atoms. The van der Waals surface area contributed by atoms with Crippen LogP contribution in [-0.2, 0) is 24.4 Å². The number of carbonyl (C=O) groups excluding carboxylic acids is 2. The number of urea groups is 1. The average molecular weight is 520 g/mol. The van der Waals surface area contributed by atoms with E-state index in [1.165, 1.54) is 17.9 Å². The Morgan fingerprint density at radius 1 is 1.11 bits per heavy atom. The number of ether oxygens (including phenoxy) is 1. The Balaban J connectivity index is 1.54. The average Bonchev–Trinajstić information content (AvgIpc) is 2.93. The Morgan fingerprint density at radius 3 is 2.58 bits per heavy atom. The predicted molar refractivity (Wildman–Crippen MR) is 142 cm³/mol. The van der Waals surface area contributed by atoms with Crippen molar-refractivity contribution in [1.82, 2.24) is 30.1 Å². The van der Waals surface area contributed by atoms with Gasteiger partial charge in [0.05, 0.1) is 25.9 Å². The number of amides is 3. The van der Waals surface area contributed by atoms with E-state index in [0.717, 1.165) is 10.1 Å². The van der Waals surface area contributed by atoms with E-state index >= 15 is 0 Å². The molecule has 0 radical (unpaired) electrons. The fraction of sp³-hybridized carbons (Fsp3) is 0.269. The molecule has 1 aromatic carbocycles. The van der Waals surface area contributed by atoms with Gasteiger partial charge in [-0.3, -0.25) is 18.7 Å². The summed E-state index contributed by atoms with van der Waals surface area (Å²) in [6, 6.07) is 10.0. The molecule has 3 amide bonds. The lowest BCUT2D eigenvalue weighted by atomic mass is 10.1. The molecule has 38 heavy (non-hydrogen) atoms. The minimum atomic E-state index is -0.550. The highest BCUT2D eigenvalue weighted by Gasteiger charge is 2.22. The van der Waals surface area contributed by atoms with E-state index in [9.17, 15) is 19.2 Å². The first kappa shape index (κ1) is 26.2. The summed E-state index contributed by atoms with van der Waals surface area (Å²) in [7, 11) is 1.51. The van der Waals surface area contributed by atoms with Crippen molar-refractivity contribution in [2.24, 2.45) is 0 Å². The molecule has 3 heterocycles. The minimum absolute atomic E-state index is 0.0346. The van der Waals surface area contributed by atoms with Crippen LogP contribution >= 0.6 is 0 Å². The zero-order valence-electron chi connectivity index (χ0n) is 21.3. The number of fused-ring (bicyclic) bond motifs is 1. The lowest BCUT2D eigenvalue weighted by Crippen LogP contribution is -2.45. The molecule has 4 rings (SSSR count). The topological polar surface area (TPSA) is 148 Å². The second kappa shape index (κ2) is 11.5. The van der Waals surface area contributed by atoms with Gasteiger partial charge in [-0.1, -0.05) is 12.1 Å². The van der Waals surface area contributed by atoms with E-state index in [4.69, 9.17) is 4.74 Å². The first-order valence-electron chi connectivity index (χ1n) is 12.0. The van der Waals surface area contributed by atoms with Crippen molar-refractivity contribution in [2.45, 2.75) is 33.5 Å². The number of rotatable bonds is 8. The van der Waals surface area contributed by atoms with Gasteiger partial charge in [0.15, 0.2) is 0 Å². The van der Waals surface area contributed by atoms with Crippen LogP contribution in [0.4, 0.5) is 10.5 Å². The normalized spacial score (nSPS) is 12.0. The van der Waals surface area contributed by atoms with Gasteiger partial charge < -0.3 is 26.0 Å². The smallest absolute Gasteiger partial charge is 0.335 e. The Hall–Kier alpha value is -4.87. The number of hydrogen-bond acceptors (Lipinski definition) is 7. The van der Waals surface area contributed by atoms with Crippen LogP contribution in [0.15, 0.2) is 57.9 Å². The number of aromatic nitrogens is 3. The molecule has 0 saturated heterocycles. The third-order valence-electron chi connectivity index (χ3n) is 6.03. The quantitative estimate of drug-likeness (QED) is 0.349. The fourth-order valence-electron chi connectivity index (χ4n) is 3.98. The molecule has 4 N–H and O–H groups in total. The van der Waals surface area contributed by atoms with Gasteiger partial charge in [0, 0.05) is 42.8 Å². The van der Waals surface area contributed by atoms with E-state index in [1.54, 1.807) is 49.5 Å². The third-order valence-corrected chi connectivity index (χ3v) is 6.03. The van der Waals surface area contributed by atoms with Gasteiger partial charge in [0.25, 0.3) is 11.5 Å². The Labute approximate surface area is 218 Å². The van der Waals surface area contributed by atoms with Crippen molar-refractivity contribution in [3.8, 4) is 5.88 Å². The van der Waals surface area contributed by atoms with E-state index in [1.807, 2.05) is 6.92 Å². The third kappa shape index (κ3) is 5.75. The molecule has 1 aliphatic rings. The molecule has 3 aromatic rings. The molecule has 0 fully saturated rings. The first-order valence-corrected chi connectivity index (χ1v) is 12.0. The number of methoxy groups -OCH3 is 1. The van der Waals surface area contributed by atoms with Crippen LogP contribution in [0, 0.1) is 6.92 Å². The molecule has 12 heteroatoms. The van der Waals surface area contributed by atoms with E-state index in [0.29, 0.717) is 34.9 Å². The highest BCUT2D eigenvalue weighted by Crippen LogP contribution is 2.13. The summed E-state index contributed by atoms with van der Waals surface area (Å²) in [6.07, 6.45) is 3.00. The Morgan fingerprint density at radius 2 is 1.87 bits per heavy atom. The van der Waals surface area contributed by atoms with Gasteiger partial charge in [0.2, 0.25) is 5.88 Å². The van der Waals surface area contributed by atoms with Crippen LogP contribution in [0.5, 0.6) is 5.88 Å². The van der Waals surface area contributed by atoms with Crippen LogP contribution in [0.2, 0.25) is 0 Å². The van der Waals surface area contributed by atoms with Crippen LogP contribution in [0.1, 0.15) is 29.3 Å². The zero-order valence-corrected chi connectivity index (χ0v) is 21.3. The molecular formula is C26H29N7O5. The summed E-state index contributed by atoms with van der Waals surface area (Å²) in [6.45, 7) is 4.40. The number of carbonyl (C=O) groups is 2. The van der Waals surface area contributed by atoms with Crippen molar-refractivity contribution < 1.29 is 14.3 Å². The SMILES string of the molecule is CCNC(=O)Nc1ccc(Cn2c(=O)c(C)c3n(c2=O)C=C(C(=O)NCc2ccnc(OC)c2)NC3)cc1. The van der Waals surface area contributed by atoms with Gasteiger partial charge in [0.1, 0.15) is 5.70 Å². The molecule has 2 aromatic heterocycles. The van der Waals surface area contributed by atoms with Crippen molar-refractivity contribution >= 4 is 23.8 Å². The maximum atomic E-state index is 13.3. The van der Waals surface area contributed by atoms with Crippen molar-refractivity contribution in [2.75, 3.05) is 19.0 Å². The number of benzene rings is 1. The molecule has 12 nitrogen and oxygen atoms in total. The van der Waals surface area contributed by atoms with E-state index < -0.39 is 17.2 Å². The summed E-state index contributed by atoms with van der Waals surface area (Å²) in [5, 5.41) is 11.1. The largest absolute Gasteiger partial charge is 0.481 e. The first-order chi connectivity index (χ1) is 18.3. The summed E-state index contributed by atoms with van der Waals surface area (Å²) < 4.78 is 7.57. The van der Waals surface area contributed by atoms with Crippen molar-refractivity contribution in [3.63, 3.8) is 0 Å². The number of anilines is 1. The molecular weight excluding hydrogens is 490 g/mol. The molecule has 0 atom stereocenters. The Kier molecular flexibility index (Phi) is 7.90. The number of nitrogens with zero attached hydrogens (tertiary/aromatic N) is 3. The van der Waals surface area contributed by atoms with Crippen molar-refractivity contribution in [1.29, 1.82) is 0 Å². The maximum absolute atomic E-state index is 13.3. The molecule has 0 saturated carbocycles.